The Morgan fingerprint density at radius 2 is 2.00 bits per heavy atom. The standard InChI is InChI=1S/C21H17N3O/c1-4-22-16-11-19-18(10-13(16)3)24-21-15-9-7-6-8-14(15)17(23-5-2)12-20(21)25-19/h1,6-12,22H,5H2,2-3H3/b23-17-. The van der Waals surface area contributed by atoms with E-state index in [1.165, 1.54) is 0 Å². The van der Waals surface area contributed by atoms with Gasteiger partial charge in [-0.1, -0.05) is 30.7 Å². The SMILES string of the molecule is C#CNc1cc2oc3c/c(=N/CC)c4ccccc4c-3nc2cc1C. The van der Waals surface area contributed by atoms with Crippen molar-refractivity contribution >= 4 is 27.6 Å². The third kappa shape index (κ3) is 2.50. The van der Waals surface area contributed by atoms with Crippen LogP contribution in [0.2, 0.25) is 0 Å². The summed E-state index contributed by atoms with van der Waals surface area (Å²) >= 11 is 0. The Hall–Kier alpha value is -3.32. The molecule has 0 bridgehead atoms. The lowest BCUT2D eigenvalue weighted by atomic mass is 10.0. The molecule has 2 aromatic rings. The largest absolute Gasteiger partial charge is 0.453 e. The molecule has 0 unspecified atom stereocenters. The molecule has 0 atom stereocenters. The van der Waals surface area contributed by atoms with Gasteiger partial charge in [-0.25, -0.2) is 4.98 Å². The van der Waals surface area contributed by atoms with Gasteiger partial charge in [0.2, 0.25) is 0 Å². The Labute approximate surface area is 145 Å². The molecule has 4 heteroatoms. The fourth-order valence-corrected chi connectivity index (χ4v) is 3.10. The zero-order chi connectivity index (χ0) is 17.4. The first-order chi connectivity index (χ1) is 12.2. The fraction of sp³-hybridized carbons (Fsp3) is 0.143. The average molecular weight is 327 g/mol. The molecule has 0 aromatic heterocycles. The predicted molar refractivity (Wildman–Crippen MR) is 101 cm³/mol. The van der Waals surface area contributed by atoms with E-state index in [1.54, 1.807) is 0 Å². The number of aryl methyl sites for hydroxylation is 1. The topological polar surface area (TPSA) is 50.4 Å². The van der Waals surface area contributed by atoms with Gasteiger partial charge >= 0.3 is 0 Å². The number of nitrogens with one attached hydrogen (secondary N) is 1. The molecule has 0 amide bonds. The van der Waals surface area contributed by atoms with E-state index >= 15 is 0 Å². The van der Waals surface area contributed by atoms with Crippen molar-refractivity contribution in [2.75, 3.05) is 11.9 Å². The summed E-state index contributed by atoms with van der Waals surface area (Å²) in [4.78, 5) is 9.45. The number of aromatic nitrogens is 1. The lowest BCUT2D eigenvalue weighted by Gasteiger charge is -2.12. The fourth-order valence-electron chi connectivity index (χ4n) is 3.10. The summed E-state index contributed by atoms with van der Waals surface area (Å²) in [6.45, 7) is 4.73. The molecule has 1 aliphatic carbocycles. The van der Waals surface area contributed by atoms with Crippen LogP contribution < -0.4 is 10.7 Å². The second-order valence-corrected chi connectivity index (χ2v) is 5.88. The van der Waals surface area contributed by atoms with Crippen molar-refractivity contribution in [3.8, 4) is 23.9 Å². The quantitative estimate of drug-likeness (QED) is 0.258. The Morgan fingerprint density at radius 3 is 2.76 bits per heavy atom. The maximum atomic E-state index is 6.15. The van der Waals surface area contributed by atoms with E-state index in [2.05, 4.69) is 28.5 Å². The summed E-state index contributed by atoms with van der Waals surface area (Å²) in [6, 6.07) is 16.4. The van der Waals surface area contributed by atoms with Crippen LogP contribution in [0, 0.1) is 19.4 Å². The van der Waals surface area contributed by atoms with E-state index in [4.69, 9.17) is 15.8 Å². The van der Waals surface area contributed by atoms with Crippen LogP contribution in [-0.4, -0.2) is 11.5 Å². The summed E-state index contributed by atoms with van der Waals surface area (Å²) in [5.41, 5.74) is 4.20. The zero-order valence-corrected chi connectivity index (χ0v) is 14.1. The number of terminal acetylenes is 1. The summed E-state index contributed by atoms with van der Waals surface area (Å²) in [5.74, 6) is 0.717. The normalized spacial score (nSPS) is 12.0. The number of hydrogen-bond donors (Lipinski definition) is 1. The van der Waals surface area contributed by atoms with Crippen LogP contribution in [0.4, 0.5) is 5.69 Å². The van der Waals surface area contributed by atoms with Gasteiger partial charge in [0, 0.05) is 35.5 Å². The molecule has 0 spiro atoms. The molecule has 0 radical (unpaired) electrons. The number of rotatable bonds is 2. The molecule has 2 aliphatic rings. The van der Waals surface area contributed by atoms with Crippen LogP contribution in [-0.2, 0) is 0 Å². The molecule has 1 N–H and O–H groups in total. The zero-order valence-electron chi connectivity index (χ0n) is 14.1. The minimum Gasteiger partial charge on any atom is -0.453 e. The highest BCUT2D eigenvalue weighted by Gasteiger charge is 2.15. The molecule has 0 saturated heterocycles. The predicted octanol–water partition coefficient (Wildman–Crippen LogP) is 4.32. The molecule has 2 aromatic carbocycles. The first-order valence-corrected chi connectivity index (χ1v) is 8.20. The highest BCUT2D eigenvalue weighted by Crippen LogP contribution is 2.32. The second-order valence-electron chi connectivity index (χ2n) is 5.88. The number of benzene rings is 3. The summed E-state index contributed by atoms with van der Waals surface area (Å²) in [6.07, 6.45) is 5.36. The van der Waals surface area contributed by atoms with Gasteiger partial charge in [0.25, 0.3) is 0 Å². The van der Waals surface area contributed by atoms with E-state index < -0.39 is 0 Å². The minimum absolute atomic E-state index is 0.688. The molecule has 0 saturated carbocycles. The molecule has 122 valence electrons. The van der Waals surface area contributed by atoms with E-state index in [0.717, 1.165) is 38.6 Å². The van der Waals surface area contributed by atoms with Crippen molar-refractivity contribution in [1.82, 2.24) is 4.98 Å². The molecular formula is C21H17N3O. The number of hydrogen-bond acceptors (Lipinski definition) is 4. The number of anilines is 1. The lowest BCUT2D eigenvalue weighted by Crippen LogP contribution is -2.07. The molecule has 4 rings (SSSR count). The van der Waals surface area contributed by atoms with Crippen LogP contribution in [0.5, 0.6) is 0 Å². The van der Waals surface area contributed by atoms with Crippen molar-refractivity contribution < 1.29 is 4.42 Å². The smallest absolute Gasteiger partial charge is 0.155 e. The third-order valence-electron chi connectivity index (χ3n) is 4.25. The van der Waals surface area contributed by atoms with Crippen LogP contribution >= 0.6 is 0 Å². The average Bonchev–Trinajstić information content (AvgIpc) is 2.62. The van der Waals surface area contributed by atoms with Gasteiger partial charge in [0.15, 0.2) is 11.3 Å². The maximum Gasteiger partial charge on any atom is 0.155 e. The first-order valence-electron chi connectivity index (χ1n) is 8.20. The molecule has 0 fully saturated rings. The van der Waals surface area contributed by atoms with E-state index in [1.807, 2.05) is 44.2 Å². The minimum atomic E-state index is 0.688. The van der Waals surface area contributed by atoms with Crippen LogP contribution in [0.1, 0.15) is 12.5 Å². The molecule has 25 heavy (non-hydrogen) atoms. The first kappa shape index (κ1) is 15.2. The van der Waals surface area contributed by atoms with E-state index in [-0.39, 0.29) is 0 Å². The van der Waals surface area contributed by atoms with Gasteiger partial charge in [-0.15, -0.1) is 0 Å². The van der Waals surface area contributed by atoms with Crippen molar-refractivity contribution in [2.24, 2.45) is 4.99 Å². The van der Waals surface area contributed by atoms with Gasteiger partial charge in [-0.2, -0.15) is 0 Å². The number of nitrogens with zero attached hydrogens (tertiary/aromatic N) is 2. The lowest BCUT2D eigenvalue weighted by molar-refractivity contribution is 0.613. The van der Waals surface area contributed by atoms with Crippen molar-refractivity contribution in [1.29, 1.82) is 0 Å². The molecular weight excluding hydrogens is 310 g/mol. The third-order valence-corrected chi connectivity index (χ3v) is 4.25. The van der Waals surface area contributed by atoms with Gasteiger partial charge in [-0.3, -0.25) is 4.99 Å². The summed E-state index contributed by atoms with van der Waals surface area (Å²) < 4.78 is 6.15. The van der Waals surface area contributed by atoms with Gasteiger partial charge in [0.05, 0.1) is 11.0 Å². The van der Waals surface area contributed by atoms with Crippen molar-refractivity contribution in [3.63, 3.8) is 0 Å². The second kappa shape index (κ2) is 5.95. The van der Waals surface area contributed by atoms with Gasteiger partial charge in [0.1, 0.15) is 11.2 Å². The highest BCUT2D eigenvalue weighted by molar-refractivity contribution is 5.96. The summed E-state index contributed by atoms with van der Waals surface area (Å²) in [7, 11) is 0. The molecule has 1 aliphatic heterocycles. The van der Waals surface area contributed by atoms with Gasteiger partial charge in [-0.05, 0) is 25.5 Å². The molecule has 1 heterocycles. The van der Waals surface area contributed by atoms with Crippen molar-refractivity contribution in [2.45, 2.75) is 13.8 Å². The maximum absolute atomic E-state index is 6.15. The Bertz CT molecular complexity index is 1180. The van der Waals surface area contributed by atoms with Crippen LogP contribution in [0.15, 0.2) is 51.9 Å². The van der Waals surface area contributed by atoms with Crippen LogP contribution in [0.3, 0.4) is 0 Å². The van der Waals surface area contributed by atoms with Crippen molar-refractivity contribution in [3.05, 3.63) is 53.4 Å². The van der Waals surface area contributed by atoms with E-state index in [9.17, 15) is 0 Å². The van der Waals surface area contributed by atoms with Crippen LogP contribution in [0.25, 0.3) is 33.3 Å². The Kier molecular flexibility index (Phi) is 3.62. The summed E-state index contributed by atoms with van der Waals surface area (Å²) in [5, 5.41) is 5.95. The molecule has 4 nitrogen and oxygen atoms in total. The van der Waals surface area contributed by atoms with E-state index in [0.29, 0.717) is 17.9 Å². The Morgan fingerprint density at radius 1 is 1.20 bits per heavy atom. The van der Waals surface area contributed by atoms with Gasteiger partial charge < -0.3 is 9.73 Å². The Balaban J connectivity index is 2.13. The highest BCUT2D eigenvalue weighted by atomic mass is 16.3. The monoisotopic (exact) mass is 327 g/mol. The number of fused-ring (bicyclic) bond motifs is 4.